The highest BCUT2D eigenvalue weighted by atomic mass is 16.4. The van der Waals surface area contributed by atoms with Crippen LogP contribution in [0.1, 0.15) is 19.3 Å². The lowest BCUT2D eigenvalue weighted by Gasteiger charge is -2.24. The Balaban J connectivity index is 1.87. The van der Waals surface area contributed by atoms with Gasteiger partial charge in [0.1, 0.15) is 0 Å². The molecule has 0 saturated heterocycles. The van der Waals surface area contributed by atoms with E-state index in [1.807, 2.05) is 0 Å². The predicted molar refractivity (Wildman–Crippen MR) is 53.2 cm³/mol. The summed E-state index contributed by atoms with van der Waals surface area (Å²) in [4.78, 5) is 0. The smallest absolute Gasteiger partial charge is 0.0614 e. The average Bonchev–Trinajstić information content (AvgIpc) is 2.83. The van der Waals surface area contributed by atoms with Crippen LogP contribution in [0.3, 0.4) is 0 Å². The second-order valence-corrected chi connectivity index (χ2v) is 5.53. The minimum atomic E-state index is 0.398. The second kappa shape index (κ2) is 2.36. The van der Waals surface area contributed by atoms with Gasteiger partial charge in [-0.25, -0.2) is 0 Å². The lowest BCUT2D eigenvalue weighted by atomic mass is 9.79. The monoisotopic (exact) mass is 206 g/mol. The molecule has 0 radical (unpaired) electrons. The lowest BCUT2D eigenvalue weighted by molar-refractivity contribution is 0.240. The zero-order chi connectivity index (χ0) is 10.2. The first kappa shape index (κ1) is 8.13. The van der Waals surface area contributed by atoms with Crippen LogP contribution >= 0.6 is 0 Å². The van der Waals surface area contributed by atoms with Crippen LogP contribution in [-0.4, -0.2) is 21.8 Å². The molecule has 0 aliphatic heterocycles. The van der Waals surface area contributed by atoms with Gasteiger partial charge < -0.3 is 10.4 Å². The van der Waals surface area contributed by atoms with Crippen molar-refractivity contribution in [3.8, 4) is 0 Å². The summed E-state index contributed by atoms with van der Waals surface area (Å²) in [7, 11) is 0. The van der Waals surface area contributed by atoms with Crippen LogP contribution in [0.5, 0.6) is 0 Å². The molecule has 0 aromatic rings. The Labute approximate surface area is 87.7 Å². The number of nitrogens with zero attached hydrogens (tertiary/aromatic N) is 2. The molecule has 4 nitrogen and oxygen atoms in total. The molecule has 4 aliphatic carbocycles. The summed E-state index contributed by atoms with van der Waals surface area (Å²) in [6, 6.07) is 0. The third-order valence-electron chi connectivity index (χ3n) is 5.42. The molecule has 4 rings (SSSR count). The van der Waals surface area contributed by atoms with Gasteiger partial charge in [-0.3, -0.25) is 0 Å². The van der Waals surface area contributed by atoms with E-state index in [-0.39, 0.29) is 0 Å². The van der Waals surface area contributed by atoms with Gasteiger partial charge in [0.25, 0.3) is 0 Å². The van der Waals surface area contributed by atoms with E-state index in [1.165, 1.54) is 6.42 Å². The molecular weight excluding hydrogens is 192 g/mol. The largest absolute Gasteiger partial charge is 0.411 e. The van der Waals surface area contributed by atoms with E-state index in [0.29, 0.717) is 23.7 Å². The topological polar surface area (TPSA) is 65.2 Å². The molecule has 2 bridgehead atoms. The fourth-order valence-electron chi connectivity index (χ4n) is 5.14. The lowest BCUT2D eigenvalue weighted by Crippen LogP contribution is -2.26. The number of hydrogen-bond donors (Lipinski definition) is 2. The van der Waals surface area contributed by atoms with Crippen LogP contribution < -0.4 is 0 Å². The van der Waals surface area contributed by atoms with Crippen LogP contribution in [0.25, 0.3) is 0 Å². The van der Waals surface area contributed by atoms with Gasteiger partial charge in [0.2, 0.25) is 0 Å². The van der Waals surface area contributed by atoms with Crippen molar-refractivity contribution in [1.82, 2.24) is 0 Å². The molecule has 4 fully saturated rings. The predicted octanol–water partition coefficient (Wildman–Crippen LogP) is 1.57. The fraction of sp³-hybridized carbons (Fsp3) is 0.818. The normalized spacial score (nSPS) is 60.0. The molecule has 0 heterocycles. The number of rotatable bonds is 0. The maximum Gasteiger partial charge on any atom is 0.0614 e. The van der Waals surface area contributed by atoms with Crippen LogP contribution in [0, 0.1) is 35.5 Å². The number of oxime groups is 2. The van der Waals surface area contributed by atoms with E-state index in [4.69, 9.17) is 10.4 Å². The Morgan fingerprint density at radius 1 is 0.800 bits per heavy atom. The summed E-state index contributed by atoms with van der Waals surface area (Å²) in [5, 5.41) is 25.0. The van der Waals surface area contributed by atoms with Crippen molar-refractivity contribution in [3.63, 3.8) is 0 Å². The Bertz CT molecular complexity index is 350. The maximum absolute atomic E-state index is 9.02. The Morgan fingerprint density at radius 2 is 1.27 bits per heavy atom. The SMILES string of the molecule is O/N=C1\C[C@@H]2[C@H]3C/C(=N\O)[C@H]4[C@@H]3C[C@H]2[C@@H]14. The maximum atomic E-state index is 9.02. The summed E-state index contributed by atoms with van der Waals surface area (Å²) >= 11 is 0. The number of fused-ring (bicyclic) bond motifs is 2. The molecule has 0 amide bonds. The van der Waals surface area contributed by atoms with Crippen molar-refractivity contribution in [2.45, 2.75) is 19.3 Å². The molecule has 2 N–H and O–H groups in total. The van der Waals surface area contributed by atoms with Crippen molar-refractivity contribution in [3.05, 3.63) is 0 Å². The zero-order valence-corrected chi connectivity index (χ0v) is 8.37. The van der Waals surface area contributed by atoms with E-state index in [0.717, 1.165) is 36.1 Å². The van der Waals surface area contributed by atoms with E-state index in [1.54, 1.807) is 0 Å². The molecule has 0 spiro atoms. The van der Waals surface area contributed by atoms with E-state index < -0.39 is 0 Å². The first-order valence-corrected chi connectivity index (χ1v) is 5.76. The van der Waals surface area contributed by atoms with Gasteiger partial charge in [0.15, 0.2) is 0 Å². The van der Waals surface area contributed by atoms with Gasteiger partial charge in [-0.15, -0.1) is 0 Å². The highest BCUT2D eigenvalue weighted by Gasteiger charge is 2.67. The van der Waals surface area contributed by atoms with Crippen LogP contribution in [-0.2, 0) is 0 Å². The molecule has 80 valence electrons. The van der Waals surface area contributed by atoms with E-state index in [2.05, 4.69) is 10.3 Å². The van der Waals surface area contributed by atoms with Crippen LogP contribution in [0.4, 0.5) is 0 Å². The minimum absolute atomic E-state index is 0.398. The van der Waals surface area contributed by atoms with Crippen molar-refractivity contribution in [2.24, 2.45) is 45.8 Å². The minimum Gasteiger partial charge on any atom is -0.411 e. The molecule has 4 saturated carbocycles. The van der Waals surface area contributed by atoms with E-state index in [9.17, 15) is 0 Å². The number of hydrogen-bond acceptors (Lipinski definition) is 4. The summed E-state index contributed by atoms with van der Waals surface area (Å²) < 4.78 is 0. The fourth-order valence-corrected chi connectivity index (χ4v) is 5.14. The zero-order valence-electron chi connectivity index (χ0n) is 8.37. The first-order chi connectivity index (χ1) is 7.35. The van der Waals surface area contributed by atoms with Crippen molar-refractivity contribution in [1.29, 1.82) is 0 Å². The summed E-state index contributed by atoms with van der Waals surface area (Å²) in [6.07, 6.45) is 3.24. The molecule has 4 aliphatic rings. The third-order valence-corrected chi connectivity index (χ3v) is 5.42. The molecule has 0 unspecified atom stereocenters. The van der Waals surface area contributed by atoms with E-state index >= 15 is 0 Å². The molecule has 0 aromatic carbocycles. The quantitative estimate of drug-likeness (QED) is 0.466. The summed E-state index contributed by atoms with van der Waals surface area (Å²) in [5.74, 6) is 3.65. The third kappa shape index (κ3) is 0.703. The van der Waals surface area contributed by atoms with Gasteiger partial charge >= 0.3 is 0 Å². The van der Waals surface area contributed by atoms with Gasteiger partial charge in [-0.2, -0.15) is 0 Å². The van der Waals surface area contributed by atoms with Gasteiger partial charge in [0, 0.05) is 11.8 Å². The van der Waals surface area contributed by atoms with Gasteiger partial charge in [0.05, 0.1) is 11.4 Å². The first-order valence-electron chi connectivity index (χ1n) is 5.76. The molecule has 0 aromatic heterocycles. The second-order valence-electron chi connectivity index (χ2n) is 5.53. The molecule has 15 heavy (non-hydrogen) atoms. The van der Waals surface area contributed by atoms with Crippen molar-refractivity contribution in [2.75, 3.05) is 0 Å². The molecule has 6 atom stereocenters. The van der Waals surface area contributed by atoms with Crippen molar-refractivity contribution >= 4 is 11.4 Å². The molecular formula is C11H14N2O2. The standard InChI is InChI=1S/C11H14N2O2/c14-12-8-2-4-5-3-9(13-15)11-7(5)1-6(4)10(8)11/h4-7,10-11,14-15H,1-3H2/b12-8+,13-9+/t4-,5-,6-,7-,10-,11+/m1/s1. The summed E-state index contributed by atoms with van der Waals surface area (Å²) in [5.41, 5.74) is 1.95. The van der Waals surface area contributed by atoms with Crippen molar-refractivity contribution < 1.29 is 10.4 Å². The van der Waals surface area contributed by atoms with Gasteiger partial charge in [-0.05, 0) is 42.9 Å². The highest BCUT2D eigenvalue weighted by Crippen LogP contribution is 2.68. The Morgan fingerprint density at radius 3 is 1.67 bits per heavy atom. The van der Waals surface area contributed by atoms with Crippen LogP contribution in [0.2, 0.25) is 0 Å². The van der Waals surface area contributed by atoms with Crippen LogP contribution in [0.15, 0.2) is 10.3 Å². The summed E-state index contributed by atoms with van der Waals surface area (Å²) in [6.45, 7) is 0. The Hall–Kier alpha value is -1.06. The molecule has 4 heteroatoms. The Kier molecular flexibility index (Phi) is 1.28. The van der Waals surface area contributed by atoms with Gasteiger partial charge in [-0.1, -0.05) is 10.3 Å². The average molecular weight is 206 g/mol. The highest BCUT2D eigenvalue weighted by molar-refractivity contribution is 6.00.